The predicted octanol–water partition coefficient (Wildman–Crippen LogP) is 3.38. The summed E-state index contributed by atoms with van der Waals surface area (Å²) in [6.07, 6.45) is 5.41. The van der Waals surface area contributed by atoms with E-state index in [1.54, 1.807) is 0 Å². The smallest absolute Gasteiger partial charge is 0.135 e. The molecule has 4 nitrogen and oxygen atoms in total. The second kappa shape index (κ2) is 5.73. The van der Waals surface area contributed by atoms with Gasteiger partial charge in [-0.1, -0.05) is 25.4 Å². The molecular weight excluding hydrogens is 286 g/mol. The Morgan fingerprint density at radius 2 is 2.19 bits per heavy atom. The largest absolute Gasteiger partial charge is 0.394 e. The minimum absolute atomic E-state index is 0.172. The maximum Gasteiger partial charge on any atom is 0.135 e. The molecule has 3 rings (SSSR count). The quantitative estimate of drug-likeness (QED) is 0.847. The third kappa shape index (κ3) is 3.02. The average Bonchev–Trinajstić information content (AvgIpc) is 3.20. The van der Waals surface area contributed by atoms with Crippen LogP contribution in [0.1, 0.15) is 57.7 Å². The molecule has 0 amide bonds. The van der Waals surface area contributed by atoms with Gasteiger partial charge in [-0.05, 0) is 38.0 Å². The summed E-state index contributed by atoms with van der Waals surface area (Å²) in [4.78, 5) is 11.4. The van der Waals surface area contributed by atoms with Gasteiger partial charge in [0.15, 0.2) is 0 Å². The van der Waals surface area contributed by atoms with E-state index in [9.17, 15) is 5.11 Å². The van der Waals surface area contributed by atoms with Crippen molar-refractivity contribution in [2.75, 3.05) is 18.1 Å². The van der Waals surface area contributed by atoms with Crippen LogP contribution in [0, 0.1) is 5.92 Å². The van der Waals surface area contributed by atoms with Crippen LogP contribution in [-0.4, -0.2) is 33.8 Å². The number of halogens is 1. The van der Waals surface area contributed by atoms with Gasteiger partial charge in [-0.15, -0.1) is 0 Å². The maximum absolute atomic E-state index is 10.0. The van der Waals surface area contributed by atoms with Crippen LogP contribution in [-0.2, 0) is 0 Å². The molecule has 0 bridgehead atoms. The molecule has 5 heteroatoms. The van der Waals surface area contributed by atoms with Crippen molar-refractivity contribution in [3.63, 3.8) is 0 Å². The summed E-state index contributed by atoms with van der Waals surface area (Å²) in [5.41, 5.74) is -0.188. The second-order valence-corrected chi connectivity index (χ2v) is 7.30. The van der Waals surface area contributed by atoms with Crippen molar-refractivity contribution in [2.45, 2.75) is 57.4 Å². The zero-order valence-corrected chi connectivity index (χ0v) is 13.6. The van der Waals surface area contributed by atoms with Crippen LogP contribution >= 0.6 is 11.6 Å². The van der Waals surface area contributed by atoms with Crippen LogP contribution in [0.5, 0.6) is 0 Å². The molecule has 1 saturated carbocycles. The molecule has 1 aliphatic carbocycles. The Balaban J connectivity index is 1.93. The molecule has 116 valence electrons. The number of hydrogen-bond donors (Lipinski definition) is 1. The molecular formula is C16H24ClN3O. The summed E-state index contributed by atoms with van der Waals surface area (Å²) in [7, 11) is 0. The van der Waals surface area contributed by atoms with Gasteiger partial charge < -0.3 is 10.0 Å². The van der Waals surface area contributed by atoms with E-state index in [2.05, 4.69) is 23.7 Å². The van der Waals surface area contributed by atoms with Gasteiger partial charge in [0, 0.05) is 18.5 Å². The molecule has 2 fully saturated rings. The predicted molar refractivity (Wildman–Crippen MR) is 84.9 cm³/mol. The van der Waals surface area contributed by atoms with Gasteiger partial charge in [0.1, 0.15) is 16.8 Å². The summed E-state index contributed by atoms with van der Waals surface area (Å²) in [6, 6.07) is 1.85. The number of aliphatic hydroxyl groups is 1. The van der Waals surface area contributed by atoms with E-state index in [1.165, 1.54) is 0 Å². The zero-order chi connectivity index (χ0) is 15.0. The second-order valence-electron chi connectivity index (χ2n) is 6.92. The fraction of sp³-hybridized carbons (Fsp3) is 0.750. The van der Waals surface area contributed by atoms with Crippen molar-refractivity contribution in [1.29, 1.82) is 0 Å². The normalized spacial score (nSPS) is 25.9. The van der Waals surface area contributed by atoms with E-state index in [0.29, 0.717) is 17.0 Å². The highest BCUT2D eigenvalue weighted by Crippen LogP contribution is 2.42. The summed E-state index contributed by atoms with van der Waals surface area (Å²) in [5, 5.41) is 10.6. The highest BCUT2D eigenvalue weighted by atomic mass is 35.5. The molecule has 1 saturated heterocycles. The average molecular weight is 310 g/mol. The number of hydrogen-bond acceptors (Lipinski definition) is 4. The van der Waals surface area contributed by atoms with Crippen LogP contribution in [0.15, 0.2) is 6.07 Å². The van der Waals surface area contributed by atoms with Crippen LogP contribution < -0.4 is 4.90 Å². The Morgan fingerprint density at radius 1 is 1.43 bits per heavy atom. The Kier molecular flexibility index (Phi) is 4.10. The minimum Gasteiger partial charge on any atom is -0.394 e. The number of rotatable bonds is 5. The first kappa shape index (κ1) is 15.0. The number of anilines is 1. The Labute approximate surface area is 131 Å². The summed E-state index contributed by atoms with van der Waals surface area (Å²) in [6.45, 7) is 5.52. The van der Waals surface area contributed by atoms with E-state index in [0.717, 1.165) is 50.3 Å². The highest BCUT2D eigenvalue weighted by Gasteiger charge is 2.42. The molecule has 0 aromatic carbocycles. The maximum atomic E-state index is 10.0. The molecule has 1 N–H and O–H groups in total. The van der Waals surface area contributed by atoms with Gasteiger partial charge in [-0.3, -0.25) is 0 Å². The monoisotopic (exact) mass is 309 g/mol. The Morgan fingerprint density at radius 3 is 2.81 bits per heavy atom. The molecule has 1 aliphatic heterocycles. The third-order valence-corrected chi connectivity index (χ3v) is 4.79. The van der Waals surface area contributed by atoms with E-state index >= 15 is 0 Å². The lowest BCUT2D eigenvalue weighted by atomic mass is 9.87. The molecule has 0 unspecified atom stereocenters. The highest BCUT2D eigenvalue weighted by molar-refractivity contribution is 6.29. The first-order valence-electron chi connectivity index (χ1n) is 7.97. The lowest BCUT2D eigenvalue weighted by molar-refractivity contribution is 0.174. The van der Waals surface area contributed by atoms with Crippen molar-refractivity contribution in [1.82, 2.24) is 9.97 Å². The van der Waals surface area contributed by atoms with Gasteiger partial charge in [0.05, 0.1) is 12.1 Å². The first-order valence-corrected chi connectivity index (χ1v) is 8.35. The SMILES string of the molecule is CC(C)C[C@@]1(CO)CCCN1c1cc(Cl)nc(C2CC2)n1. The lowest BCUT2D eigenvalue weighted by Gasteiger charge is -2.39. The van der Waals surface area contributed by atoms with Gasteiger partial charge in [-0.2, -0.15) is 0 Å². The van der Waals surface area contributed by atoms with Crippen LogP contribution in [0.2, 0.25) is 5.15 Å². The van der Waals surface area contributed by atoms with Crippen molar-refractivity contribution in [3.05, 3.63) is 17.0 Å². The van der Waals surface area contributed by atoms with E-state index in [4.69, 9.17) is 16.6 Å². The Bertz CT molecular complexity index is 518. The molecule has 21 heavy (non-hydrogen) atoms. The van der Waals surface area contributed by atoms with Gasteiger partial charge in [0.25, 0.3) is 0 Å². The summed E-state index contributed by atoms with van der Waals surface area (Å²) in [5.74, 6) is 2.79. The fourth-order valence-electron chi connectivity index (χ4n) is 3.58. The van der Waals surface area contributed by atoms with Crippen molar-refractivity contribution in [2.24, 2.45) is 5.92 Å². The van der Waals surface area contributed by atoms with Crippen molar-refractivity contribution in [3.8, 4) is 0 Å². The molecule has 0 radical (unpaired) electrons. The molecule has 2 aliphatic rings. The molecule has 1 atom stereocenters. The van der Waals surface area contributed by atoms with Crippen molar-refractivity contribution >= 4 is 17.4 Å². The summed E-state index contributed by atoms with van der Waals surface area (Å²) < 4.78 is 0. The van der Waals surface area contributed by atoms with Gasteiger partial charge >= 0.3 is 0 Å². The number of aromatic nitrogens is 2. The topological polar surface area (TPSA) is 49.2 Å². The number of aliphatic hydroxyl groups excluding tert-OH is 1. The van der Waals surface area contributed by atoms with Gasteiger partial charge in [-0.25, -0.2) is 9.97 Å². The fourth-order valence-corrected chi connectivity index (χ4v) is 3.77. The van der Waals surface area contributed by atoms with Crippen molar-refractivity contribution < 1.29 is 5.11 Å². The zero-order valence-electron chi connectivity index (χ0n) is 12.8. The van der Waals surface area contributed by atoms with E-state index in [1.807, 2.05) is 6.07 Å². The molecule has 2 heterocycles. The standard InChI is InChI=1S/C16H24ClN3O/c1-11(2)9-16(10-21)6-3-7-20(16)14-8-13(17)18-15(19-14)12-4-5-12/h8,11-12,21H,3-7,9-10H2,1-2H3/t16-/m1/s1. The number of nitrogens with zero attached hydrogens (tertiary/aromatic N) is 3. The lowest BCUT2D eigenvalue weighted by Crippen LogP contribution is -2.48. The molecule has 1 aromatic heterocycles. The first-order chi connectivity index (χ1) is 10.0. The molecule has 1 aromatic rings. The van der Waals surface area contributed by atoms with E-state index < -0.39 is 0 Å². The minimum atomic E-state index is -0.188. The van der Waals surface area contributed by atoms with Crippen LogP contribution in [0.25, 0.3) is 0 Å². The molecule has 0 spiro atoms. The van der Waals surface area contributed by atoms with Crippen LogP contribution in [0.3, 0.4) is 0 Å². The Hall–Kier alpha value is -0.870. The summed E-state index contributed by atoms with van der Waals surface area (Å²) >= 11 is 6.20. The van der Waals surface area contributed by atoms with Crippen LogP contribution in [0.4, 0.5) is 5.82 Å². The van der Waals surface area contributed by atoms with E-state index in [-0.39, 0.29) is 12.1 Å². The third-order valence-electron chi connectivity index (χ3n) is 4.60. The van der Waals surface area contributed by atoms with Gasteiger partial charge in [0.2, 0.25) is 0 Å².